The number of morpholine rings is 1. The van der Waals surface area contributed by atoms with Crippen LogP contribution in [0.25, 0.3) is 16.7 Å². The van der Waals surface area contributed by atoms with Gasteiger partial charge in [0.05, 0.1) is 13.2 Å². The van der Waals surface area contributed by atoms with Crippen LogP contribution in [0, 0.1) is 0 Å². The molecule has 0 atom stereocenters. The zero-order chi connectivity index (χ0) is 22.1. The van der Waals surface area contributed by atoms with E-state index in [4.69, 9.17) is 14.9 Å². The van der Waals surface area contributed by atoms with Crippen LogP contribution < -0.4 is 0 Å². The second-order valence-corrected chi connectivity index (χ2v) is 7.35. The van der Waals surface area contributed by atoms with Gasteiger partial charge >= 0.3 is 11.9 Å². The molecule has 0 spiro atoms. The van der Waals surface area contributed by atoms with Crippen molar-refractivity contribution in [1.29, 1.82) is 0 Å². The van der Waals surface area contributed by atoms with E-state index in [-0.39, 0.29) is 0 Å². The second kappa shape index (κ2) is 11.2. The predicted molar refractivity (Wildman–Crippen MR) is 120 cm³/mol. The summed E-state index contributed by atoms with van der Waals surface area (Å²) >= 11 is 0. The zero-order valence-electron chi connectivity index (χ0n) is 17.4. The molecule has 0 amide bonds. The van der Waals surface area contributed by atoms with Crippen LogP contribution >= 0.6 is 0 Å². The molecule has 6 heteroatoms. The molecule has 1 aliphatic heterocycles. The summed E-state index contributed by atoms with van der Waals surface area (Å²) in [6.07, 6.45) is 5.76. The molecule has 1 fully saturated rings. The Balaban J connectivity index is 0.000000293. The number of ether oxygens (including phenoxy) is 1. The number of fused-ring (bicyclic) bond motifs is 1. The Hall–Kier alpha value is -3.22. The summed E-state index contributed by atoms with van der Waals surface area (Å²) < 4.78 is 5.44. The molecular formula is C25H27NO5. The highest BCUT2D eigenvalue weighted by atomic mass is 16.5. The molecule has 1 aliphatic carbocycles. The third-order valence-corrected chi connectivity index (χ3v) is 5.33. The largest absolute Gasteiger partial charge is 0.478 e. The molecule has 0 unspecified atom stereocenters. The van der Waals surface area contributed by atoms with Gasteiger partial charge in [-0.15, -0.1) is 0 Å². The van der Waals surface area contributed by atoms with Gasteiger partial charge in [-0.1, -0.05) is 54.6 Å². The topological polar surface area (TPSA) is 87.1 Å². The van der Waals surface area contributed by atoms with Crippen molar-refractivity contribution in [3.63, 3.8) is 0 Å². The Morgan fingerprint density at radius 3 is 2.19 bits per heavy atom. The first-order chi connectivity index (χ1) is 15.0. The first kappa shape index (κ1) is 22.5. The molecule has 0 bridgehead atoms. The lowest BCUT2D eigenvalue weighted by Gasteiger charge is -2.26. The van der Waals surface area contributed by atoms with Gasteiger partial charge in [0.25, 0.3) is 0 Å². The number of hydrogen-bond acceptors (Lipinski definition) is 4. The van der Waals surface area contributed by atoms with E-state index in [2.05, 4.69) is 59.5 Å². The number of hydrogen-bond donors (Lipinski definition) is 2. The summed E-state index contributed by atoms with van der Waals surface area (Å²) in [6, 6.07) is 17.5. The van der Waals surface area contributed by atoms with Crippen molar-refractivity contribution in [1.82, 2.24) is 4.90 Å². The van der Waals surface area contributed by atoms with E-state index in [1.54, 1.807) is 0 Å². The average molecular weight is 421 g/mol. The molecule has 2 aliphatic rings. The maximum Gasteiger partial charge on any atom is 0.328 e. The second-order valence-electron chi connectivity index (χ2n) is 7.35. The van der Waals surface area contributed by atoms with E-state index in [1.165, 1.54) is 27.8 Å². The van der Waals surface area contributed by atoms with Crippen molar-refractivity contribution in [3.05, 3.63) is 77.9 Å². The van der Waals surface area contributed by atoms with Crippen molar-refractivity contribution in [2.75, 3.05) is 32.8 Å². The van der Waals surface area contributed by atoms with E-state index in [0.29, 0.717) is 12.2 Å². The Kier molecular flexibility index (Phi) is 8.15. The van der Waals surface area contributed by atoms with Crippen molar-refractivity contribution in [2.45, 2.75) is 12.8 Å². The van der Waals surface area contributed by atoms with Crippen molar-refractivity contribution >= 4 is 17.5 Å². The van der Waals surface area contributed by atoms with Crippen LogP contribution in [-0.2, 0) is 20.7 Å². The van der Waals surface area contributed by atoms with Crippen LogP contribution in [-0.4, -0.2) is 59.9 Å². The van der Waals surface area contributed by atoms with E-state index >= 15 is 0 Å². The van der Waals surface area contributed by atoms with Crippen molar-refractivity contribution in [2.24, 2.45) is 0 Å². The molecule has 162 valence electrons. The first-order valence-corrected chi connectivity index (χ1v) is 10.4. The number of allylic oxidation sites excluding steroid dienone is 1. The SMILES string of the molecule is C1=C(CCN2CCOCC2)c2cccc(-c3ccccc3)c2C1.O=C(O)/C=C\C(=O)O. The summed E-state index contributed by atoms with van der Waals surface area (Å²) in [6.45, 7) is 5.06. The lowest BCUT2D eigenvalue weighted by Crippen LogP contribution is -2.36. The Morgan fingerprint density at radius 2 is 1.55 bits per heavy atom. The van der Waals surface area contributed by atoms with Gasteiger partial charge in [0.2, 0.25) is 0 Å². The van der Waals surface area contributed by atoms with E-state index in [1.807, 2.05) is 0 Å². The fourth-order valence-electron chi connectivity index (χ4n) is 3.81. The Morgan fingerprint density at radius 1 is 0.903 bits per heavy atom. The first-order valence-electron chi connectivity index (χ1n) is 10.4. The molecule has 2 N–H and O–H groups in total. The molecule has 0 aromatic heterocycles. The van der Waals surface area contributed by atoms with Crippen LogP contribution in [0.5, 0.6) is 0 Å². The van der Waals surface area contributed by atoms with Gasteiger partial charge in [-0.3, -0.25) is 4.90 Å². The number of carboxylic acids is 2. The highest BCUT2D eigenvalue weighted by Gasteiger charge is 2.19. The monoisotopic (exact) mass is 421 g/mol. The number of aliphatic carboxylic acids is 2. The molecule has 2 aromatic carbocycles. The van der Waals surface area contributed by atoms with E-state index in [0.717, 1.165) is 45.7 Å². The lowest BCUT2D eigenvalue weighted by atomic mass is 9.94. The van der Waals surface area contributed by atoms with Gasteiger partial charge in [-0.25, -0.2) is 9.59 Å². The summed E-state index contributed by atoms with van der Waals surface area (Å²) in [5, 5.41) is 15.6. The number of rotatable bonds is 6. The third kappa shape index (κ3) is 6.64. The summed E-state index contributed by atoms with van der Waals surface area (Å²) in [4.78, 5) is 21.6. The van der Waals surface area contributed by atoms with Crippen LogP contribution in [0.4, 0.5) is 0 Å². The normalized spacial score (nSPS) is 15.7. The molecule has 0 saturated carbocycles. The zero-order valence-corrected chi connectivity index (χ0v) is 17.4. The molecule has 31 heavy (non-hydrogen) atoms. The van der Waals surface area contributed by atoms with Crippen LogP contribution in [0.2, 0.25) is 0 Å². The minimum Gasteiger partial charge on any atom is -0.478 e. The van der Waals surface area contributed by atoms with E-state index < -0.39 is 11.9 Å². The fraction of sp³-hybridized carbons (Fsp3) is 0.280. The van der Waals surface area contributed by atoms with Crippen LogP contribution in [0.3, 0.4) is 0 Å². The standard InChI is InChI=1S/C21H23NO.C4H4O4/c1-2-5-17(6-3-1)19-7-4-8-20-18(9-10-21(19)20)11-12-22-13-15-23-16-14-22;5-3(6)1-2-4(7)8/h1-9H,10-16H2;1-2H,(H,5,6)(H,7,8)/b;2-1-. The summed E-state index contributed by atoms with van der Waals surface area (Å²) in [5.41, 5.74) is 7.19. The van der Waals surface area contributed by atoms with Gasteiger partial charge in [0.15, 0.2) is 0 Å². The van der Waals surface area contributed by atoms with Gasteiger partial charge in [0, 0.05) is 31.8 Å². The quantitative estimate of drug-likeness (QED) is 0.691. The summed E-state index contributed by atoms with van der Waals surface area (Å²) in [7, 11) is 0. The fourth-order valence-corrected chi connectivity index (χ4v) is 3.81. The lowest BCUT2D eigenvalue weighted by molar-refractivity contribution is -0.134. The Bertz CT molecular complexity index is 943. The molecule has 1 saturated heterocycles. The highest BCUT2D eigenvalue weighted by molar-refractivity contribution is 5.89. The number of carbonyl (C=O) groups is 2. The van der Waals surface area contributed by atoms with Gasteiger partial charge < -0.3 is 14.9 Å². The number of benzene rings is 2. The molecule has 4 rings (SSSR count). The highest BCUT2D eigenvalue weighted by Crippen LogP contribution is 2.36. The predicted octanol–water partition coefficient (Wildman–Crippen LogP) is 3.73. The third-order valence-electron chi connectivity index (χ3n) is 5.33. The number of nitrogens with zero attached hydrogens (tertiary/aromatic N) is 1. The minimum absolute atomic E-state index is 0.558. The molecule has 1 heterocycles. The number of carboxylic acid groups (broad SMARTS) is 2. The van der Waals surface area contributed by atoms with Crippen molar-refractivity contribution in [3.8, 4) is 11.1 Å². The van der Waals surface area contributed by atoms with Gasteiger partial charge in [-0.2, -0.15) is 0 Å². The smallest absolute Gasteiger partial charge is 0.328 e. The minimum atomic E-state index is -1.26. The van der Waals surface area contributed by atoms with Crippen LogP contribution in [0.15, 0.2) is 66.8 Å². The molecule has 6 nitrogen and oxygen atoms in total. The maximum absolute atomic E-state index is 9.55. The van der Waals surface area contributed by atoms with Gasteiger partial charge in [-0.05, 0) is 40.7 Å². The van der Waals surface area contributed by atoms with Gasteiger partial charge in [0.1, 0.15) is 0 Å². The Labute approximate surface area is 182 Å². The van der Waals surface area contributed by atoms with Crippen molar-refractivity contribution < 1.29 is 24.5 Å². The molecule has 2 aromatic rings. The van der Waals surface area contributed by atoms with Crippen LogP contribution in [0.1, 0.15) is 17.5 Å². The average Bonchev–Trinajstić information content (AvgIpc) is 3.21. The molecular weight excluding hydrogens is 394 g/mol. The van der Waals surface area contributed by atoms with E-state index in [9.17, 15) is 9.59 Å². The summed E-state index contributed by atoms with van der Waals surface area (Å²) in [5.74, 6) is -2.51. The molecule has 0 radical (unpaired) electrons. The maximum atomic E-state index is 9.55.